The molecule has 3 N–H and O–H groups in total. The van der Waals surface area contributed by atoms with Crippen LogP contribution in [0.15, 0.2) is 24.3 Å². The first-order valence-electron chi connectivity index (χ1n) is 10.2. The maximum atomic E-state index is 10.8. The number of aromatic hydroxyl groups is 1. The van der Waals surface area contributed by atoms with Crippen LogP contribution in [0.2, 0.25) is 0 Å². The minimum absolute atomic E-state index is 0.166. The van der Waals surface area contributed by atoms with E-state index in [1.165, 1.54) is 0 Å². The van der Waals surface area contributed by atoms with E-state index in [2.05, 4.69) is 34.3 Å². The first kappa shape index (κ1) is 21.0. The highest BCUT2D eigenvalue weighted by Gasteiger charge is 2.21. The summed E-state index contributed by atoms with van der Waals surface area (Å²) in [6.07, 6.45) is 2.21. The summed E-state index contributed by atoms with van der Waals surface area (Å²) in [6, 6.07) is 7.88. The summed E-state index contributed by atoms with van der Waals surface area (Å²) in [4.78, 5) is 13.0. The van der Waals surface area contributed by atoms with E-state index in [4.69, 9.17) is 5.11 Å². The van der Waals surface area contributed by atoms with Crippen LogP contribution in [-0.2, 0) is 4.79 Å². The number of hydrogen-bond donors (Lipinski definition) is 3. The van der Waals surface area contributed by atoms with Gasteiger partial charge in [0.2, 0.25) is 0 Å². The Kier molecular flexibility index (Phi) is 6.69. The molecule has 2 aromatic rings. The Hall–Kier alpha value is -2.67. The number of likely N-dealkylation sites (tertiary alicyclic amines) is 1. The van der Waals surface area contributed by atoms with Crippen molar-refractivity contribution in [3.63, 3.8) is 0 Å². The van der Waals surface area contributed by atoms with Gasteiger partial charge >= 0.3 is 5.97 Å². The van der Waals surface area contributed by atoms with Crippen LogP contribution in [0.1, 0.15) is 50.2 Å². The van der Waals surface area contributed by atoms with E-state index >= 15 is 0 Å². The molecule has 1 saturated heterocycles. The number of carbonyl (C=O) groups is 1. The maximum absolute atomic E-state index is 10.8. The third kappa shape index (κ3) is 5.44. The SMILES string of the molecule is Cc1cc(N[C@@H]2CCCN(CCC(=O)O)C2)nnc1-c1ccc(C(C)C)cc1O. The normalized spacial score (nSPS) is 17.4. The fourth-order valence-electron chi connectivity index (χ4n) is 3.77. The number of carboxylic acids is 1. The summed E-state index contributed by atoms with van der Waals surface area (Å²) in [5, 5.41) is 31.4. The Balaban J connectivity index is 1.69. The fourth-order valence-corrected chi connectivity index (χ4v) is 3.77. The summed E-state index contributed by atoms with van der Waals surface area (Å²) in [5.74, 6) is 0.506. The standard InChI is InChI=1S/C22H30N4O3/c1-14(2)16-6-7-18(19(27)12-16)22-15(3)11-20(24-25-22)23-17-5-4-9-26(13-17)10-8-21(28)29/h6-7,11-12,14,17,27H,4-5,8-10,13H2,1-3H3,(H,23,24)(H,28,29)/t17-/m1/s1. The molecule has 1 aromatic carbocycles. The highest BCUT2D eigenvalue weighted by Crippen LogP contribution is 2.33. The van der Waals surface area contributed by atoms with E-state index in [0.717, 1.165) is 37.1 Å². The first-order valence-corrected chi connectivity index (χ1v) is 10.2. The van der Waals surface area contributed by atoms with Crippen LogP contribution in [0.5, 0.6) is 5.75 Å². The number of nitrogens with one attached hydrogen (secondary N) is 1. The number of anilines is 1. The largest absolute Gasteiger partial charge is 0.507 e. The van der Waals surface area contributed by atoms with Crippen molar-refractivity contribution in [3.8, 4) is 17.0 Å². The monoisotopic (exact) mass is 398 g/mol. The second kappa shape index (κ2) is 9.22. The quantitative estimate of drug-likeness (QED) is 0.655. The molecule has 29 heavy (non-hydrogen) atoms. The van der Waals surface area contributed by atoms with E-state index in [-0.39, 0.29) is 18.2 Å². The van der Waals surface area contributed by atoms with Gasteiger partial charge in [-0.2, -0.15) is 0 Å². The lowest BCUT2D eigenvalue weighted by atomic mass is 9.98. The number of benzene rings is 1. The molecule has 2 heterocycles. The molecule has 0 spiro atoms. The van der Waals surface area contributed by atoms with Gasteiger partial charge < -0.3 is 20.4 Å². The van der Waals surface area contributed by atoms with Gasteiger partial charge in [-0.05, 0) is 61.6 Å². The molecule has 0 saturated carbocycles. The summed E-state index contributed by atoms with van der Waals surface area (Å²) in [5.41, 5.74) is 3.38. The Morgan fingerprint density at radius 1 is 1.31 bits per heavy atom. The summed E-state index contributed by atoms with van der Waals surface area (Å²) in [6.45, 7) is 8.45. The molecule has 3 rings (SSSR count). The Morgan fingerprint density at radius 2 is 2.10 bits per heavy atom. The third-order valence-electron chi connectivity index (χ3n) is 5.43. The van der Waals surface area contributed by atoms with E-state index < -0.39 is 5.97 Å². The van der Waals surface area contributed by atoms with Crippen LogP contribution in [0, 0.1) is 6.92 Å². The number of aryl methyl sites for hydroxylation is 1. The zero-order valence-corrected chi connectivity index (χ0v) is 17.4. The van der Waals surface area contributed by atoms with E-state index in [0.29, 0.717) is 29.5 Å². The predicted octanol–water partition coefficient (Wildman–Crippen LogP) is 3.63. The number of hydrogen-bond acceptors (Lipinski definition) is 6. The smallest absolute Gasteiger partial charge is 0.304 e. The lowest BCUT2D eigenvalue weighted by Crippen LogP contribution is -2.43. The minimum Gasteiger partial charge on any atom is -0.507 e. The molecule has 0 aliphatic carbocycles. The highest BCUT2D eigenvalue weighted by molar-refractivity contribution is 5.70. The predicted molar refractivity (Wildman–Crippen MR) is 113 cm³/mol. The van der Waals surface area contributed by atoms with Gasteiger partial charge in [0.1, 0.15) is 11.6 Å². The molecule has 7 nitrogen and oxygen atoms in total. The van der Waals surface area contributed by atoms with E-state index in [9.17, 15) is 9.90 Å². The van der Waals surface area contributed by atoms with Gasteiger partial charge in [-0.3, -0.25) is 4.79 Å². The Labute approximate surface area is 171 Å². The van der Waals surface area contributed by atoms with Crippen LogP contribution in [0.4, 0.5) is 5.82 Å². The molecule has 156 valence electrons. The van der Waals surface area contributed by atoms with Crippen molar-refractivity contribution in [1.82, 2.24) is 15.1 Å². The average Bonchev–Trinajstić information content (AvgIpc) is 2.67. The molecule has 1 aromatic heterocycles. The molecule has 0 unspecified atom stereocenters. The minimum atomic E-state index is -0.762. The number of aliphatic carboxylic acids is 1. The van der Waals surface area contributed by atoms with Crippen molar-refractivity contribution in [1.29, 1.82) is 0 Å². The lowest BCUT2D eigenvalue weighted by molar-refractivity contribution is -0.137. The second-order valence-electron chi connectivity index (χ2n) is 8.12. The van der Waals surface area contributed by atoms with E-state index in [1.807, 2.05) is 25.1 Å². The van der Waals surface area contributed by atoms with Crippen LogP contribution < -0.4 is 5.32 Å². The van der Waals surface area contributed by atoms with Crippen molar-refractivity contribution in [3.05, 3.63) is 35.4 Å². The van der Waals surface area contributed by atoms with Gasteiger partial charge in [0.25, 0.3) is 0 Å². The molecule has 0 bridgehead atoms. The van der Waals surface area contributed by atoms with Crippen molar-refractivity contribution in [2.24, 2.45) is 0 Å². The topological polar surface area (TPSA) is 98.6 Å². The first-order chi connectivity index (χ1) is 13.8. The number of phenols is 1. The van der Waals surface area contributed by atoms with Crippen molar-refractivity contribution < 1.29 is 15.0 Å². The lowest BCUT2D eigenvalue weighted by Gasteiger charge is -2.33. The molecular formula is C22H30N4O3. The summed E-state index contributed by atoms with van der Waals surface area (Å²) >= 11 is 0. The van der Waals surface area contributed by atoms with Crippen LogP contribution in [-0.4, -0.2) is 57.0 Å². The maximum Gasteiger partial charge on any atom is 0.304 e. The van der Waals surface area contributed by atoms with Crippen LogP contribution >= 0.6 is 0 Å². The molecule has 1 aliphatic heterocycles. The van der Waals surface area contributed by atoms with Gasteiger partial charge in [0, 0.05) is 24.7 Å². The molecular weight excluding hydrogens is 368 g/mol. The zero-order chi connectivity index (χ0) is 21.0. The van der Waals surface area contributed by atoms with Crippen LogP contribution in [0.25, 0.3) is 11.3 Å². The van der Waals surface area contributed by atoms with Gasteiger partial charge in [0.15, 0.2) is 0 Å². The number of nitrogens with zero attached hydrogens (tertiary/aromatic N) is 3. The number of piperidine rings is 1. The van der Waals surface area contributed by atoms with Crippen LogP contribution in [0.3, 0.4) is 0 Å². The van der Waals surface area contributed by atoms with Crippen molar-refractivity contribution >= 4 is 11.8 Å². The zero-order valence-electron chi connectivity index (χ0n) is 17.4. The second-order valence-corrected chi connectivity index (χ2v) is 8.12. The Bertz CT molecular complexity index is 869. The van der Waals surface area contributed by atoms with Gasteiger partial charge in [-0.1, -0.05) is 19.9 Å². The summed E-state index contributed by atoms with van der Waals surface area (Å²) < 4.78 is 0. The fraction of sp³-hybridized carbons (Fsp3) is 0.500. The highest BCUT2D eigenvalue weighted by atomic mass is 16.4. The molecule has 0 amide bonds. The van der Waals surface area contributed by atoms with Crippen molar-refractivity contribution in [2.75, 3.05) is 25.0 Å². The van der Waals surface area contributed by atoms with Gasteiger partial charge in [0.05, 0.1) is 12.1 Å². The van der Waals surface area contributed by atoms with Crippen molar-refractivity contribution in [2.45, 2.75) is 52.0 Å². The number of aromatic nitrogens is 2. The number of rotatable bonds is 7. The molecule has 7 heteroatoms. The molecule has 1 aliphatic rings. The van der Waals surface area contributed by atoms with E-state index in [1.54, 1.807) is 6.07 Å². The Morgan fingerprint density at radius 3 is 2.76 bits per heavy atom. The average molecular weight is 399 g/mol. The summed E-state index contributed by atoms with van der Waals surface area (Å²) in [7, 11) is 0. The molecule has 0 radical (unpaired) electrons. The number of carboxylic acid groups (broad SMARTS) is 1. The third-order valence-corrected chi connectivity index (χ3v) is 5.43. The molecule has 1 atom stereocenters. The molecule has 1 fully saturated rings. The van der Waals surface area contributed by atoms with Gasteiger partial charge in [-0.25, -0.2) is 0 Å². The number of phenolic OH excluding ortho intramolecular Hbond substituents is 1. The van der Waals surface area contributed by atoms with Gasteiger partial charge in [-0.15, -0.1) is 10.2 Å².